The topological polar surface area (TPSA) is 188 Å². The molecule has 0 aromatic rings. The number of hydroxylamine groups is 2. The Morgan fingerprint density at radius 1 is 0.603 bits per heavy atom. The number of carbonyl (C=O) groups excluding carboxylic acids is 5. The molecular formula is C41H71N5O12. The Bertz CT molecular complexity index is 1370. The smallest absolute Gasteiger partial charge is 0.323 e. The Morgan fingerprint density at radius 2 is 0.966 bits per heavy atom. The van der Waals surface area contributed by atoms with Gasteiger partial charge < -0.3 is 23.7 Å². The van der Waals surface area contributed by atoms with Crippen molar-refractivity contribution in [1.29, 1.82) is 0 Å². The van der Waals surface area contributed by atoms with Crippen LogP contribution < -0.4 is 0 Å². The molecule has 0 saturated carbocycles. The maximum Gasteiger partial charge on any atom is 0.323 e. The normalized spacial score (nSPS) is 17.4. The van der Waals surface area contributed by atoms with Crippen LogP contribution in [0.2, 0.25) is 0 Å². The first-order valence-corrected chi connectivity index (χ1v) is 19.7. The molecule has 0 aromatic heterocycles. The third-order valence-corrected chi connectivity index (χ3v) is 7.84. The predicted octanol–water partition coefficient (Wildman–Crippen LogP) is 3.93. The quantitative estimate of drug-likeness (QED) is 0.0794. The summed E-state index contributed by atoms with van der Waals surface area (Å²) >= 11 is 0. The molecule has 1 atom stereocenters. The van der Waals surface area contributed by atoms with E-state index in [0.29, 0.717) is 26.2 Å². The van der Waals surface area contributed by atoms with Crippen LogP contribution >= 0.6 is 0 Å². The van der Waals surface area contributed by atoms with Crippen LogP contribution in [0.15, 0.2) is 36.8 Å². The molecule has 0 bridgehead atoms. The molecule has 1 fully saturated rings. The minimum absolute atomic E-state index is 0.00311. The average molecular weight is 826 g/mol. The number of esters is 5. The molecule has 1 saturated heterocycles. The van der Waals surface area contributed by atoms with E-state index in [9.17, 15) is 24.0 Å². The molecule has 0 spiro atoms. The molecule has 0 radical (unpaired) electrons. The monoisotopic (exact) mass is 826 g/mol. The highest BCUT2D eigenvalue weighted by atomic mass is 16.8. The zero-order valence-corrected chi connectivity index (χ0v) is 37.0. The van der Waals surface area contributed by atoms with E-state index in [0.717, 1.165) is 6.20 Å². The Morgan fingerprint density at radius 3 is 1.29 bits per heavy atom. The van der Waals surface area contributed by atoms with Crippen LogP contribution in [0.4, 0.5) is 0 Å². The van der Waals surface area contributed by atoms with Gasteiger partial charge in [0.15, 0.2) is 0 Å². The van der Waals surface area contributed by atoms with E-state index in [4.69, 9.17) is 34.1 Å². The van der Waals surface area contributed by atoms with Crippen molar-refractivity contribution in [2.75, 3.05) is 72.0 Å². The van der Waals surface area contributed by atoms with Crippen molar-refractivity contribution in [2.45, 2.75) is 124 Å². The number of hydrogen-bond donors (Lipinski definition) is 2. The first-order chi connectivity index (χ1) is 26.5. The van der Waals surface area contributed by atoms with Gasteiger partial charge >= 0.3 is 29.8 Å². The summed E-state index contributed by atoms with van der Waals surface area (Å²) in [6.07, 6.45) is 4.51. The van der Waals surface area contributed by atoms with Gasteiger partial charge in [-0.05, 0) is 108 Å². The predicted molar refractivity (Wildman–Crippen MR) is 216 cm³/mol. The number of hydrogen-bond acceptors (Lipinski definition) is 17. The van der Waals surface area contributed by atoms with Crippen LogP contribution in [0.3, 0.4) is 0 Å². The second kappa shape index (κ2) is 23.7. The molecule has 0 unspecified atom stereocenters. The molecule has 2 N–H and O–H groups in total. The fourth-order valence-electron chi connectivity index (χ4n) is 5.62. The van der Waals surface area contributed by atoms with Crippen LogP contribution in [0.5, 0.6) is 0 Å². The van der Waals surface area contributed by atoms with Gasteiger partial charge in [0.25, 0.3) is 0 Å². The highest BCUT2D eigenvalue weighted by Gasteiger charge is 2.33. The van der Waals surface area contributed by atoms with E-state index in [-0.39, 0.29) is 69.6 Å². The minimum atomic E-state index is -0.946. The maximum atomic E-state index is 14.0. The van der Waals surface area contributed by atoms with Crippen molar-refractivity contribution in [1.82, 2.24) is 24.8 Å². The maximum absolute atomic E-state index is 14.0. The van der Waals surface area contributed by atoms with Crippen LogP contribution in [0.1, 0.15) is 95.9 Å². The third-order valence-electron chi connectivity index (χ3n) is 7.84. The molecule has 1 aliphatic rings. The molecule has 58 heavy (non-hydrogen) atoms. The SMILES string of the molecule is C=C/C(=C\C=C\N(O)O)OC(=O)CC[C@H](C(=O)OC(C)(C)C)N1CCN(CC(=O)OC(C)(C)C)CCN(CC(=O)OC(C)(C)C)CCN(CC(=O)OC(C)(C)C)CC1. The van der Waals surface area contributed by atoms with E-state index in [1.54, 1.807) is 83.1 Å². The number of ether oxygens (including phenoxy) is 5. The molecule has 0 amide bonds. The zero-order valence-electron chi connectivity index (χ0n) is 37.0. The van der Waals surface area contributed by atoms with Crippen molar-refractivity contribution < 1.29 is 58.1 Å². The van der Waals surface area contributed by atoms with Crippen LogP contribution in [0, 0.1) is 0 Å². The number of carbonyl (C=O) groups is 5. The summed E-state index contributed by atoms with van der Waals surface area (Å²) in [5, 5.41) is 17.7. The molecule has 17 nitrogen and oxygen atoms in total. The van der Waals surface area contributed by atoms with Gasteiger partial charge in [-0.1, -0.05) is 6.58 Å². The van der Waals surface area contributed by atoms with Crippen LogP contribution in [-0.2, 0) is 47.7 Å². The molecule has 0 aliphatic carbocycles. The van der Waals surface area contributed by atoms with Gasteiger partial charge in [0.2, 0.25) is 0 Å². The molecule has 0 aromatic carbocycles. The summed E-state index contributed by atoms with van der Waals surface area (Å²) in [5.41, 5.74) is -2.99. The van der Waals surface area contributed by atoms with Gasteiger partial charge in [0, 0.05) is 58.8 Å². The van der Waals surface area contributed by atoms with Gasteiger partial charge in [-0.25, -0.2) is 0 Å². The Labute approximate surface area is 345 Å². The lowest BCUT2D eigenvalue weighted by Gasteiger charge is -2.37. The molecule has 1 rings (SSSR count). The van der Waals surface area contributed by atoms with Crippen LogP contribution in [0.25, 0.3) is 0 Å². The van der Waals surface area contributed by atoms with E-state index < -0.39 is 58.3 Å². The molecule has 17 heteroatoms. The number of rotatable bonds is 15. The summed E-state index contributed by atoms with van der Waals surface area (Å²) < 4.78 is 28.2. The first kappa shape index (κ1) is 52.1. The largest absolute Gasteiger partial charge is 0.459 e. The lowest BCUT2D eigenvalue weighted by molar-refractivity contribution is -0.267. The summed E-state index contributed by atoms with van der Waals surface area (Å²) in [5.74, 6) is -2.48. The first-order valence-electron chi connectivity index (χ1n) is 19.7. The van der Waals surface area contributed by atoms with Gasteiger partial charge in [0.05, 0.1) is 25.8 Å². The third kappa shape index (κ3) is 25.5. The lowest BCUT2D eigenvalue weighted by atomic mass is 10.1. The zero-order chi connectivity index (χ0) is 44.5. The van der Waals surface area contributed by atoms with E-state index >= 15 is 0 Å². The van der Waals surface area contributed by atoms with Gasteiger partial charge in [-0.3, -0.25) is 54.0 Å². The lowest BCUT2D eigenvalue weighted by Crippen LogP contribution is -2.53. The van der Waals surface area contributed by atoms with Crippen molar-refractivity contribution in [2.24, 2.45) is 0 Å². The van der Waals surface area contributed by atoms with Crippen molar-refractivity contribution in [3.8, 4) is 0 Å². The standard InChI is InChI=1S/C41H71N5O12/c1-14-31(16-15-19-46(52)53)54-33(47)18-17-32(37(51)58-41(11,12)13)45-26-24-43(29-35(49)56-39(5,6)7)22-20-42(28-34(48)55-38(2,3)4)21-23-44(25-27-45)30-36(50)57-40(8,9)10/h14-16,19,32,52-53H,1,17-18,20-30H2,2-13H3/b19-15+,31-16+/t32-/m1/s1. The minimum Gasteiger partial charge on any atom is -0.459 e. The summed E-state index contributed by atoms with van der Waals surface area (Å²) in [4.78, 5) is 74.0. The van der Waals surface area contributed by atoms with Gasteiger partial charge in [-0.15, -0.1) is 5.23 Å². The van der Waals surface area contributed by atoms with Crippen molar-refractivity contribution >= 4 is 29.8 Å². The molecular weight excluding hydrogens is 754 g/mol. The molecule has 332 valence electrons. The van der Waals surface area contributed by atoms with E-state index in [1.165, 1.54) is 18.2 Å². The van der Waals surface area contributed by atoms with Crippen molar-refractivity contribution in [3.63, 3.8) is 0 Å². The Kier molecular flexibility index (Phi) is 21.3. The number of allylic oxidation sites excluding steroid dienone is 3. The highest BCUT2D eigenvalue weighted by molar-refractivity contribution is 5.78. The van der Waals surface area contributed by atoms with Crippen LogP contribution in [-0.4, -0.2) is 166 Å². The number of nitrogens with zero attached hydrogens (tertiary/aromatic N) is 5. The van der Waals surface area contributed by atoms with Gasteiger partial charge in [0.1, 0.15) is 34.2 Å². The summed E-state index contributed by atoms with van der Waals surface area (Å²) in [6.45, 7) is 27.3. The summed E-state index contributed by atoms with van der Waals surface area (Å²) in [7, 11) is 0. The summed E-state index contributed by atoms with van der Waals surface area (Å²) in [6, 6.07) is -0.946. The Balaban J connectivity index is 3.62. The Hall–Kier alpha value is -3.87. The molecule has 1 aliphatic heterocycles. The fourth-order valence-corrected chi connectivity index (χ4v) is 5.62. The molecule has 1 heterocycles. The second-order valence-electron chi connectivity index (χ2n) is 18.1. The second-order valence-corrected chi connectivity index (χ2v) is 18.1. The fraction of sp³-hybridized carbons (Fsp3) is 0.732. The van der Waals surface area contributed by atoms with Gasteiger partial charge in [-0.2, -0.15) is 0 Å². The van der Waals surface area contributed by atoms with Crippen molar-refractivity contribution in [3.05, 3.63) is 36.8 Å². The average Bonchev–Trinajstić information content (AvgIpc) is 3.01. The van der Waals surface area contributed by atoms with E-state index in [2.05, 4.69) is 6.58 Å². The van der Waals surface area contributed by atoms with E-state index in [1.807, 2.05) is 19.6 Å². The highest BCUT2D eigenvalue weighted by Crippen LogP contribution is 2.18.